The lowest BCUT2D eigenvalue weighted by atomic mass is 10.0. The van der Waals surface area contributed by atoms with Crippen molar-refractivity contribution in [2.45, 2.75) is 38.8 Å². The minimum absolute atomic E-state index is 0.0696. The van der Waals surface area contributed by atoms with Crippen molar-refractivity contribution in [3.05, 3.63) is 12.7 Å². The van der Waals surface area contributed by atoms with E-state index in [0.29, 0.717) is 11.8 Å². The molecule has 1 aliphatic rings. The molecule has 0 spiro atoms. The molecule has 1 aromatic heterocycles. The SMILES string of the molecule is CC(C)C1CC1(N)CCn1cncn1. The van der Waals surface area contributed by atoms with Crippen LogP contribution in [0.2, 0.25) is 0 Å². The maximum absolute atomic E-state index is 6.25. The third kappa shape index (κ3) is 1.80. The normalized spacial score (nSPS) is 31.0. The van der Waals surface area contributed by atoms with Gasteiger partial charge < -0.3 is 5.73 Å². The van der Waals surface area contributed by atoms with E-state index >= 15 is 0 Å². The van der Waals surface area contributed by atoms with Gasteiger partial charge in [0.05, 0.1) is 0 Å². The summed E-state index contributed by atoms with van der Waals surface area (Å²) in [5.74, 6) is 1.40. The minimum Gasteiger partial charge on any atom is -0.325 e. The Morgan fingerprint density at radius 2 is 2.43 bits per heavy atom. The monoisotopic (exact) mass is 194 g/mol. The van der Waals surface area contributed by atoms with Crippen LogP contribution in [0.15, 0.2) is 12.7 Å². The number of hydrogen-bond acceptors (Lipinski definition) is 3. The number of aryl methyl sites for hydroxylation is 1. The van der Waals surface area contributed by atoms with Gasteiger partial charge in [0, 0.05) is 12.1 Å². The Hall–Kier alpha value is -0.900. The zero-order valence-electron chi connectivity index (χ0n) is 8.85. The van der Waals surface area contributed by atoms with Crippen molar-refractivity contribution in [2.75, 3.05) is 0 Å². The fraction of sp³-hybridized carbons (Fsp3) is 0.800. The van der Waals surface area contributed by atoms with Crippen molar-refractivity contribution < 1.29 is 0 Å². The minimum atomic E-state index is 0.0696. The highest BCUT2D eigenvalue weighted by molar-refractivity contribution is 5.08. The number of hydrogen-bond donors (Lipinski definition) is 1. The molecule has 2 rings (SSSR count). The molecule has 4 nitrogen and oxygen atoms in total. The Bertz CT molecular complexity index is 293. The van der Waals surface area contributed by atoms with Crippen LogP contribution < -0.4 is 5.73 Å². The molecule has 2 atom stereocenters. The van der Waals surface area contributed by atoms with E-state index in [1.807, 2.05) is 4.68 Å². The summed E-state index contributed by atoms with van der Waals surface area (Å²) in [6.07, 6.45) is 5.49. The van der Waals surface area contributed by atoms with Crippen molar-refractivity contribution in [2.24, 2.45) is 17.6 Å². The molecule has 0 aliphatic heterocycles. The van der Waals surface area contributed by atoms with Crippen molar-refractivity contribution >= 4 is 0 Å². The van der Waals surface area contributed by atoms with Gasteiger partial charge in [-0.15, -0.1) is 0 Å². The molecule has 0 amide bonds. The van der Waals surface area contributed by atoms with Gasteiger partial charge in [-0.05, 0) is 24.7 Å². The molecule has 0 radical (unpaired) electrons. The summed E-state index contributed by atoms with van der Waals surface area (Å²) in [6.45, 7) is 5.38. The summed E-state index contributed by atoms with van der Waals surface area (Å²) in [5.41, 5.74) is 6.32. The first-order valence-electron chi connectivity index (χ1n) is 5.23. The molecular formula is C10H18N4. The Kier molecular flexibility index (Phi) is 2.31. The Labute approximate surface area is 84.5 Å². The number of nitrogens with two attached hydrogens (primary N) is 1. The Morgan fingerprint density at radius 3 is 2.93 bits per heavy atom. The predicted octanol–water partition coefficient (Wildman–Crippen LogP) is 1.04. The fourth-order valence-corrected chi connectivity index (χ4v) is 2.21. The van der Waals surface area contributed by atoms with E-state index in [-0.39, 0.29) is 5.54 Å². The first-order chi connectivity index (χ1) is 6.62. The van der Waals surface area contributed by atoms with Crippen LogP contribution in [0.25, 0.3) is 0 Å². The van der Waals surface area contributed by atoms with E-state index in [2.05, 4.69) is 23.9 Å². The molecule has 2 N–H and O–H groups in total. The van der Waals surface area contributed by atoms with E-state index in [1.54, 1.807) is 12.7 Å². The van der Waals surface area contributed by atoms with Gasteiger partial charge in [-0.2, -0.15) is 5.10 Å². The third-order valence-corrected chi connectivity index (χ3v) is 3.26. The Morgan fingerprint density at radius 1 is 1.64 bits per heavy atom. The zero-order valence-corrected chi connectivity index (χ0v) is 8.85. The second kappa shape index (κ2) is 3.35. The molecule has 0 aromatic carbocycles. The summed E-state index contributed by atoms with van der Waals surface area (Å²) < 4.78 is 1.85. The van der Waals surface area contributed by atoms with E-state index in [0.717, 1.165) is 13.0 Å². The maximum Gasteiger partial charge on any atom is 0.137 e. The van der Waals surface area contributed by atoms with Gasteiger partial charge in [-0.3, -0.25) is 4.68 Å². The summed E-state index contributed by atoms with van der Waals surface area (Å²) in [6, 6.07) is 0. The number of rotatable bonds is 4. The average Bonchev–Trinajstić information content (AvgIpc) is 2.63. The van der Waals surface area contributed by atoms with Crippen molar-refractivity contribution in [1.82, 2.24) is 14.8 Å². The summed E-state index contributed by atoms with van der Waals surface area (Å²) >= 11 is 0. The van der Waals surface area contributed by atoms with Crippen LogP contribution in [0.4, 0.5) is 0 Å². The van der Waals surface area contributed by atoms with Gasteiger partial charge >= 0.3 is 0 Å². The van der Waals surface area contributed by atoms with Crippen molar-refractivity contribution in [3.8, 4) is 0 Å². The summed E-state index contributed by atoms with van der Waals surface area (Å²) in [4.78, 5) is 3.91. The van der Waals surface area contributed by atoms with Crippen LogP contribution >= 0.6 is 0 Å². The molecule has 2 unspecified atom stereocenters. The van der Waals surface area contributed by atoms with Crippen LogP contribution in [0.3, 0.4) is 0 Å². The quantitative estimate of drug-likeness (QED) is 0.779. The van der Waals surface area contributed by atoms with Crippen LogP contribution in [0.5, 0.6) is 0 Å². The molecule has 1 aliphatic carbocycles. The largest absolute Gasteiger partial charge is 0.325 e. The highest BCUT2D eigenvalue weighted by Crippen LogP contribution is 2.48. The summed E-state index contributed by atoms with van der Waals surface area (Å²) in [7, 11) is 0. The van der Waals surface area contributed by atoms with E-state index in [4.69, 9.17) is 5.73 Å². The van der Waals surface area contributed by atoms with Gasteiger partial charge in [0.25, 0.3) is 0 Å². The molecule has 1 fully saturated rings. The molecule has 0 saturated heterocycles. The van der Waals surface area contributed by atoms with Gasteiger partial charge in [0.15, 0.2) is 0 Å². The first-order valence-corrected chi connectivity index (χ1v) is 5.23. The standard InChI is InChI=1S/C10H18N4/c1-8(2)9-5-10(9,11)3-4-14-7-12-6-13-14/h6-9H,3-5,11H2,1-2H3. The van der Waals surface area contributed by atoms with E-state index in [9.17, 15) is 0 Å². The molecule has 1 heterocycles. The lowest BCUT2D eigenvalue weighted by molar-refractivity contribution is 0.424. The lowest BCUT2D eigenvalue weighted by Crippen LogP contribution is -2.28. The van der Waals surface area contributed by atoms with Crippen LogP contribution in [-0.4, -0.2) is 20.3 Å². The highest BCUT2D eigenvalue weighted by Gasteiger charge is 2.51. The zero-order chi connectivity index (χ0) is 10.2. The van der Waals surface area contributed by atoms with Gasteiger partial charge in [-0.25, -0.2) is 4.98 Å². The van der Waals surface area contributed by atoms with E-state index < -0.39 is 0 Å². The van der Waals surface area contributed by atoms with Crippen molar-refractivity contribution in [1.29, 1.82) is 0 Å². The smallest absolute Gasteiger partial charge is 0.137 e. The highest BCUT2D eigenvalue weighted by atomic mass is 15.3. The van der Waals surface area contributed by atoms with Gasteiger partial charge in [-0.1, -0.05) is 13.8 Å². The first kappa shape index (κ1) is 9.65. The molecule has 0 bridgehead atoms. The topological polar surface area (TPSA) is 56.7 Å². The van der Waals surface area contributed by atoms with Crippen LogP contribution in [-0.2, 0) is 6.54 Å². The molecular weight excluding hydrogens is 176 g/mol. The van der Waals surface area contributed by atoms with Crippen molar-refractivity contribution in [3.63, 3.8) is 0 Å². The van der Waals surface area contributed by atoms with Gasteiger partial charge in [0.1, 0.15) is 12.7 Å². The molecule has 78 valence electrons. The molecule has 1 saturated carbocycles. The third-order valence-electron chi connectivity index (χ3n) is 3.26. The maximum atomic E-state index is 6.25. The number of aromatic nitrogens is 3. The fourth-order valence-electron chi connectivity index (χ4n) is 2.21. The van der Waals surface area contributed by atoms with Gasteiger partial charge in [0.2, 0.25) is 0 Å². The predicted molar refractivity (Wildman–Crippen MR) is 54.5 cm³/mol. The molecule has 1 aromatic rings. The molecule has 4 heteroatoms. The lowest BCUT2D eigenvalue weighted by Gasteiger charge is -2.13. The van der Waals surface area contributed by atoms with Crippen LogP contribution in [0.1, 0.15) is 26.7 Å². The number of nitrogens with zero attached hydrogens (tertiary/aromatic N) is 3. The Balaban J connectivity index is 1.83. The van der Waals surface area contributed by atoms with E-state index in [1.165, 1.54) is 6.42 Å². The second-order valence-electron chi connectivity index (χ2n) is 4.70. The second-order valence-corrected chi connectivity index (χ2v) is 4.70. The molecule has 14 heavy (non-hydrogen) atoms. The summed E-state index contributed by atoms with van der Waals surface area (Å²) in [5, 5.41) is 4.07. The average molecular weight is 194 g/mol. The van der Waals surface area contributed by atoms with Crippen LogP contribution in [0, 0.1) is 11.8 Å².